The molecule has 0 aromatic carbocycles. The number of rotatable bonds is 3. The van der Waals surface area contributed by atoms with E-state index in [1.165, 1.54) is 0 Å². The van der Waals surface area contributed by atoms with Gasteiger partial charge in [0.25, 0.3) is 5.91 Å². The number of hydrogen-bond donors (Lipinski definition) is 1. The van der Waals surface area contributed by atoms with E-state index in [-0.39, 0.29) is 11.8 Å². The summed E-state index contributed by atoms with van der Waals surface area (Å²) in [6.07, 6.45) is 3.71. The molecule has 124 valence electrons. The Hall–Kier alpha value is -1.47. The van der Waals surface area contributed by atoms with Gasteiger partial charge in [-0.25, -0.2) is 0 Å². The standard InChI is InChI=1S/C16H20BrN3O3/c1-11-15(22)19-16(23-11)6-8-20(9-7-16)14(21)5-4-13-3-2-12(17)10-18-13/h2-3,10-11H,4-9H2,1H3,(H,19,22). The molecule has 0 bridgehead atoms. The molecule has 2 amide bonds. The zero-order chi connectivity index (χ0) is 16.4. The fourth-order valence-corrected chi connectivity index (χ4v) is 3.29. The smallest absolute Gasteiger partial charge is 0.251 e. The van der Waals surface area contributed by atoms with Crippen molar-refractivity contribution < 1.29 is 14.3 Å². The summed E-state index contributed by atoms with van der Waals surface area (Å²) >= 11 is 3.35. The van der Waals surface area contributed by atoms with Crippen molar-refractivity contribution in [2.75, 3.05) is 13.1 Å². The van der Waals surface area contributed by atoms with Gasteiger partial charge in [-0.15, -0.1) is 0 Å². The van der Waals surface area contributed by atoms with Crippen LogP contribution in [-0.2, 0) is 20.7 Å². The van der Waals surface area contributed by atoms with Gasteiger partial charge in [0.2, 0.25) is 5.91 Å². The van der Waals surface area contributed by atoms with Gasteiger partial charge in [-0.1, -0.05) is 0 Å². The third kappa shape index (κ3) is 3.72. The number of likely N-dealkylation sites (tertiary alicyclic amines) is 1. The molecule has 1 N–H and O–H groups in total. The van der Waals surface area contributed by atoms with Crippen molar-refractivity contribution in [2.24, 2.45) is 0 Å². The highest BCUT2D eigenvalue weighted by atomic mass is 79.9. The quantitative estimate of drug-likeness (QED) is 0.863. The number of amides is 2. The van der Waals surface area contributed by atoms with Crippen LogP contribution in [-0.4, -0.2) is 46.6 Å². The number of nitrogens with one attached hydrogen (secondary N) is 1. The van der Waals surface area contributed by atoms with Crippen LogP contribution in [0.1, 0.15) is 31.9 Å². The predicted octanol–water partition coefficient (Wildman–Crippen LogP) is 1.63. The number of carbonyl (C=O) groups is 2. The number of piperidine rings is 1. The van der Waals surface area contributed by atoms with Crippen LogP contribution < -0.4 is 5.32 Å². The van der Waals surface area contributed by atoms with E-state index in [1.807, 2.05) is 17.0 Å². The number of pyridine rings is 1. The van der Waals surface area contributed by atoms with E-state index in [0.717, 1.165) is 10.2 Å². The van der Waals surface area contributed by atoms with Gasteiger partial charge in [0.15, 0.2) is 0 Å². The van der Waals surface area contributed by atoms with Gasteiger partial charge >= 0.3 is 0 Å². The van der Waals surface area contributed by atoms with Gasteiger partial charge in [0, 0.05) is 48.7 Å². The lowest BCUT2D eigenvalue weighted by Crippen LogP contribution is -2.53. The lowest BCUT2D eigenvalue weighted by molar-refractivity contribution is -0.138. The Labute approximate surface area is 143 Å². The molecule has 1 aromatic rings. The van der Waals surface area contributed by atoms with Crippen molar-refractivity contribution in [1.82, 2.24) is 15.2 Å². The number of aryl methyl sites for hydroxylation is 1. The molecule has 1 atom stereocenters. The van der Waals surface area contributed by atoms with Crippen LogP contribution >= 0.6 is 15.9 Å². The van der Waals surface area contributed by atoms with Crippen molar-refractivity contribution in [3.63, 3.8) is 0 Å². The summed E-state index contributed by atoms with van der Waals surface area (Å²) in [5.41, 5.74) is 0.343. The van der Waals surface area contributed by atoms with Crippen LogP contribution in [0.3, 0.4) is 0 Å². The molecule has 3 rings (SSSR count). The molecule has 3 heterocycles. The number of carbonyl (C=O) groups excluding carboxylic acids is 2. The Morgan fingerprint density at radius 2 is 2.22 bits per heavy atom. The highest BCUT2D eigenvalue weighted by Crippen LogP contribution is 2.29. The molecule has 0 saturated carbocycles. The summed E-state index contributed by atoms with van der Waals surface area (Å²) in [6.45, 7) is 2.98. The van der Waals surface area contributed by atoms with Crippen LogP contribution in [0, 0.1) is 0 Å². The number of ether oxygens (including phenoxy) is 1. The summed E-state index contributed by atoms with van der Waals surface area (Å²) in [5.74, 6) is 0.0630. The topological polar surface area (TPSA) is 71.5 Å². The third-order valence-electron chi connectivity index (χ3n) is 4.43. The minimum absolute atomic E-state index is 0.0638. The summed E-state index contributed by atoms with van der Waals surface area (Å²) in [5, 5.41) is 2.93. The summed E-state index contributed by atoms with van der Waals surface area (Å²) in [6, 6.07) is 3.85. The molecule has 7 heteroatoms. The average molecular weight is 382 g/mol. The molecule has 23 heavy (non-hydrogen) atoms. The van der Waals surface area contributed by atoms with Gasteiger partial charge in [-0.05, 0) is 41.4 Å². The Morgan fingerprint density at radius 1 is 1.48 bits per heavy atom. The number of halogens is 1. The van der Waals surface area contributed by atoms with Gasteiger partial charge in [-0.2, -0.15) is 0 Å². The summed E-state index contributed by atoms with van der Waals surface area (Å²) in [7, 11) is 0. The number of aromatic nitrogens is 1. The van der Waals surface area contributed by atoms with E-state index >= 15 is 0 Å². The van der Waals surface area contributed by atoms with E-state index < -0.39 is 11.8 Å². The van der Waals surface area contributed by atoms with Crippen molar-refractivity contribution in [3.8, 4) is 0 Å². The highest BCUT2D eigenvalue weighted by molar-refractivity contribution is 9.10. The lowest BCUT2D eigenvalue weighted by Gasteiger charge is -2.38. The first-order valence-corrected chi connectivity index (χ1v) is 8.65. The molecule has 1 spiro atoms. The Morgan fingerprint density at radius 3 is 2.78 bits per heavy atom. The molecule has 0 aliphatic carbocycles. The third-order valence-corrected chi connectivity index (χ3v) is 4.90. The first kappa shape index (κ1) is 16.4. The SMILES string of the molecule is CC1OC2(CCN(C(=O)CCc3ccc(Br)cn3)CC2)NC1=O. The minimum Gasteiger partial charge on any atom is -0.343 e. The van der Waals surface area contributed by atoms with Crippen molar-refractivity contribution in [2.45, 2.75) is 44.4 Å². The first-order chi connectivity index (χ1) is 11.0. The van der Waals surface area contributed by atoms with E-state index in [0.29, 0.717) is 38.8 Å². The number of nitrogens with zero attached hydrogens (tertiary/aromatic N) is 2. The van der Waals surface area contributed by atoms with Crippen molar-refractivity contribution in [3.05, 3.63) is 28.5 Å². The molecule has 1 unspecified atom stereocenters. The summed E-state index contributed by atoms with van der Waals surface area (Å²) < 4.78 is 6.69. The summed E-state index contributed by atoms with van der Waals surface area (Å²) in [4.78, 5) is 30.1. The van der Waals surface area contributed by atoms with Gasteiger partial charge in [0.1, 0.15) is 11.8 Å². The Balaban J connectivity index is 1.49. The normalized spacial score (nSPS) is 23.1. The molecule has 0 radical (unpaired) electrons. The molecule has 6 nitrogen and oxygen atoms in total. The van der Waals surface area contributed by atoms with Gasteiger partial charge < -0.3 is 15.0 Å². The molecule has 2 aliphatic rings. The molecule has 2 aliphatic heterocycles. The maximum atomic E-state index is 12.3. The monoisotopic (exact) mass is 381 g/mol. The van der Waals surface area contributed by atoms with E-state index in [2.05, 4.69) is 26.2 Å². The second kappa shape index (κ2) is 6.57. The highest BCUT2D eigenvalue weighted by Gasteiger charge is 2.45. The zero-order valence-electron chi connectivity index (χ0n) is 13.0. The predicted molar refractivity (Wildman–Crippen MR) is 87.5 cm³/mol. The zero-order valence-corrected chi connectivity index (χ0v) is 14.6. The van der Waals surface area contributed by atoms with Crippen molar-refractivity contribution >= 4 is 27.7 Å². The van der Waals surface area contributed by atoms with Gasteiger partial charge in [0.05, 0.1) is 0 Å². The molecular formula is C16H20BrN3O3. The Kier molecular flexibility index (Phi) is 4.68. The first-order valence-electron chi connectivity index (χ1n) is 7.85. The molecule has 2 fully saturated rings. The molecular weight excluding hydrogens is 362 g/mol. The minimum atomic E-state index is -0.569. The van der Waals surface area contributed by atoms with E-state index in [9.17, 15) is 9.59 Å². The second-order valence-corrected chi connectivity index (χ2v) is 7.01. The molecule has 1 aromatic heterocycles. The largest absolute Gasteiger partial charge is 0.343 e. The fraction of sp³-hybridized carbons (Fsp3) is 0.562. The van der Waals surface area contributed by atoms with Crippen LogP contribution in [0.5, 0.6) is 0 Å². The maximum Gasteiger partial charge on any atom is 0.251 e. The lowest BCUT2D eigenvalue weighted by atomic mass is 10.00. The van der Waals surface area contributed by atoms with Crippen molar-refractivity contribution in [1.29, 1.82) is 0 Å². The van der Waals surface area contributed by atoms with Gasteiger partial charge in [-0.3, -0.25) is 14.6 Å². The van der Waals surface area contributed by atoms with E-state index in [4.69, 9.17) is 4.74 Å². The van der Waals surface area contributed by atoms with Crippen LogP contribution in [0.15, 0.2) is 22.8 Å². The fourth-order valence-electron chi connectivity index (χ4n) is 3.06. The van der Waals surface area contributed by atoms with Crippen LogP contribution in [0.2, 0.25) is 0 Å². The maximum absolute atomic E-state index is 12.3. The van der Waals surface area contributed by atoms with Crippen LogP contribution in [0.4, 0.5) is 0 Å². The van der Waals surface area contributed by atoms with Crippen LogP contribution in [0.25, 0.3) is 0 Å². The number of hydrogen-bond acceptors (Lipinski definition) is 4. The second-order valence-electron chi connectivity index (χ2n) is 6.09. The molecule has 2 saturated heterocycles. The average Bonchev–Trinajstić information content (AvgIpc) is 2.81. The van der Waals surface area contributed by atoms with E-state index in [1.54, 1.807) is 13.1 Å². The Bertz CT molecular complexity index is 597.